The third-order valence-corrected chi connectivity index (χ3v) is 2.93. The zero-order valence-corrected chi connectivity index (χ0v) is 13.3. The predicted octanol–water partition coefficient (Wildman–Crippen LogP) is 1.06. The summed E-state index contributed by atoms with van der Waals surface area (Å²) in [5.74, 6) is 0.822. The Kier molecular flexibility index (Phi) is 8.96. The van der Waals surface area contributed by atoms with E-state index in [-0.39, 0.29) is 24.4 Å². The van der Waals surface area contributed by atoms with Crippen molar-refractivity contribution in [1.82, 2.24) is 15.5 Å². The largest absolute Gasteiger partial charge is 0.497 e. The number of halogens is 1. The van der Waals surface area contributed by atoms with E-state index in [1.165, 1.54) is 0 Å². The Morgan fingerprint density at radius 3 is 2.65 bits per heavy atom. The van der Waals surface area contributed by atoms with Crippen LogP contribution in [0.5, 0.6) is 5.75 Å². The summed E-state index contributed by atoms with van der Waals surface area (Å²) in [6.45, 7) is 0.902. The zero-order chi connectivity index (χ0) is 14.3. The summed E-state index contributed by atoms with van der Waals surface area (Å²) in [5.41, 5.74) is 1.12. The molecule has 114 valence electrons. The molecule has 0 saturated carbocycles. The summed E-state index contributed by atoms with van der Waals surface area (Å²) < 4.78 is 5.23. The number of likely N-dealkylation sites (N-methyl/N-ethyl adjacent to an activating group) is 2. The van der Waals surface area contributed by atoms with Crippen LogP contribution in [0.25, 0.3) is 0 Å². The van der Waals surface area contributed by atoms with Crippen LogP contribution in [0.2, 0.25) is 0 Å². The van der Waals surface area contributed by atoms with Crippen LogP contribution in [0.15, 0.2) is 24.3 Å². The second-order valence-corrected chi connectivity index (χ2v) is 4.59. The second-order valence-electron chi connectivity index (χ2n) is 4.59. The summed E-state index contributed by atoms with van der Waals surface area (Å²) in [7, 11) is 7.40. The van der Waals surface area contributed by atoms with E-state index in [0.29, 0.717) is 13.1 Å². The van der Waals surface area contributed by atoms with Gasteiger partial charge in [-0.1, -0.05) is 12.1 Å². The van der Waals surface area contributed by atoms with Gasteiger partial charge >= 0.3 is 0 Å². The minimum Gasteiger partial charge on any atom is -0.497 e. The SMILES string of the molecule is CNCC(=O)NCC(c1cccc(OC)c1)N(C)C.Cl. The molecular weight excluding hydrogens is 278 g/mol. The van der Waals surface area contributed by atoms with Gasteiger partial charge in [-0.2, -0.15) is 0 Å². The van der Waals surface area contributed by atoms with Crippen molar-refractivity contribution >= 4 is 18.3 Å². The maximum Gasteiger partial charge on any atom is 0.234 e. The molecule has 0 aliphatic carbocycles. The number of methoxy groups -OCH3 is 1. The Hall–Kier alpha value is -1.30. The number of carbonyl (C=O) groups excluding carboxylic acids is 1. The number of carbonyl (C=O) groups is 1. The van der Waals surface area contributed by atoms with Gasteiger partial charge in [0, 0.05) is 6.54 Å². The molecule has 1 amide bonds. The van der Waals surface area contributed by atoms with E-state index in [9.17, 15) is 4.79 Å². The average Bonchev–Trinajstić information content (AvgIpc) is 2.39. The minimum atomic E-state index is -0.00255. The van der Waals surface area contributed by atoms with E-state index < -0.39 is 0 Å². The molecule has 6 heteroatoms. The third-order valence-electron chi connectivity index (χ3n) is 2.93. The van der Waals surface area contributed by atoms with Gasteiger partial charge in [0.25, 0.3) is 0 Å². The first-order valence-corrected chi connectivity index (χ1v) is 6.30. The molecule has 20 heavy (non-hydrogen) atoms. The van der Waals surface area contributed by atoms with Gasteiger partial charge in [-0.25, -0.2) is 0 Å². The van der Waals surface area contributed by atoms with Crippen LogP contribution in [0.3, 0.4) is 0 Å². The van der Waals surface area contributed by atoms with Gasteiger partial charge in [-0.3, -0.25) is 4.79 Å². The van der Waals surface area contributed by atoms with Crippen molar-refractivity contribution in [1.29, 1.82) is 0 Å². The smallest absolute Gasteiger partial charge is 0.234 e. The number of amides is 1. The average molecular weight is 302 g/mol. The van der Waals surface area contributed by atoms with Gasteiger partial charge in [0.2, 0.25) is 5.91 Å². The lowest BCUT2D eigenvalue weighted by molar-refractivity contribution is -0.120. The van der Waals surface area contributed by atoms with Gasteiger partial charge in [0.15, 0.2) is 0 Å². The molecule has 0 saturated heterocycles. The van der Waals surface area contributed by atoms with Crippen LogP contribution in [0.1, 0.15) is 11.6 Å². The maximum atomic E-state index is 11.5. The molecular formula is C14H24ClN3O2. The Morgan fingerprint density at radius 1 is 1.40 bits per heavy atom. The van der Waals surface area contributed by atoms with Gasteiger partial charge in [0.1, 0.15) is 5.75 Å². The quantitative estimate of drug-likeness (QED) is 0.791. The zero-order valence-electron chi connectivity index (χ0n) is 12.5. The van der Waals surface area contributed by atoms with Crippen molar-refractivity contribution < 1.29 is 9.53 Å². The Morgan fingerprint density at radius 2 is 2.10 bits per heavy atom. The molecule has 1 aromatic carbocycles. The minimum absolute atomic E-state index is 0. The topological polar surface area (TPSA) is 53.6 Å². The molecule has 0 spiro atoms. The van der Waals surface area contributed by atoms with E-state index >= 15 is 0 Å². The molecule has 5 nitrogen and oxygen atoms in total. The fraction of sp³-hybridized carbons (Fsp3) is 0.500. The monoisotopic (exact) mass is 301 g/mol. The molecule has 1 unspecified atom stereocenters. The lowest BCUT2D eigenvalue weighted by Gasteiger charge is -2.25. The molecule has 0 radical (unpaired) electrons. The first-order chi connectivity index (χ1) is 9.08. The summed E-state index contributed by atoms with van der Waals surface area (Å²) in [6.07, 6.45) is 0. The second kappa shape index (κ2) is 9.58. The van der Waals surface area contributed by atoms with Gasteiger partial charge < -0.3 is 20.3 Å². The normalized spacial score (nSPS) is 11.7. The molecule has 0 bridgehead atoms. The number of ether oxygens (including phenoxy) is 1. The Labute approximate surface area is 127 Å². The van der Waals surface area contributed by atoms with Crippen molar-refractivity contribution in [2.24, 2.45) is 0 Å². The van der Waals surface area contributed by atoms with E-state index in [2.05, 4.69) is 15.5 Å². The van der Waals surface area contributed by atoms with Gasteiger partial charge in [-0.05, 0) is 38.8 Å². The Balaban J connectivity index is 0.00000361. The fourth-order valence-corrected chi connectivity index (χ4v) is 1.88. The first kappa shape index (κ1) is 18.7. The molecule has 0 aliphatic rings. The molecule has 0 aliphatic heterocycles. The standard InChI is InChI=1S/C14H23N3O2.ClH/c1-15-10-14(18)16-9-13(17(2)3)11-6-5-7-12(8-11)19-4;/h5-8,13,15H,9-10H2,1-4H3,(H,16,18);1H. The highest BCUT2D eigenvalue weighted by molar-refractivity contribution is 5.85. The summed E-state index contributed by atoms with van der Waals surface area (Å²) in [6, 6.07) is 8.03. The van der Waals surface area contributed by atoms with Crippen molar-refractivity contribution in [3.63, 3.8) is 0 Å². The van der Waals surface area contributed by atoms with Gasteiger partial charge in [0.05, 0.1) is 19.7 Å². The summed E-state index contributed by atoms with van der Waals surface area (Å²) >= 11 is 0. The number of nitrogens with one attached hydrogen (secondary N) is 2. The molecule has 1 rings (SSSR count). The van der Waals surface area contributed by atoms with Crippen LogP contribution in [-0.4, -0.2) is 52.1 Å². The number of benzene rings is 1. The first-order valence-electron chi connectivity index (χ1n) is 6.30. The lowest BCUT2D eigenvalue weighted by Crippen LogP contribution is -2.38. The molecule has 1 aromatic rings. The molecule has 0 heterocycles. The molecule has 0 fully saturated rings. The summed E-state index contributed by atoms with van der Waals surface area (Å²) in [4.78, 5) is 13.6. The van der Waals surface area contributed by atoms with Crippen LogP contribution in [0.4, 0.5) is 0 Å². The van der Waals surface area contributed by atoms with Crippen molar-refractivity contribution in [3.05, 3.63) is 29.8 Å². The van der Waals surface area contributed by atoms with Crippen LogP contribution in [0, 0.1) is 0 Å². The van der Waals surface area contributed by atoms with E-state index in [0.717, 1.165) is 11.3 Å². The third kappa shape index (κ3) is 5.77. The van der Waals surface area contributed by atoms with Crippen molar-refractivity contribution in [3.8, 4) is 5.75 Å². The molecule has 0 aromatic heterocycles. The van der Waals surface area contributed by atoms with Crippen LogP contribution >= 0.6 is 12.4 Å². The number of rotatable bonds is 7. The summed E-state index contributed by atoms with van der Waals surface area (Å²) in [5, 5.41) is 5.75. The highest BCUT2D eigenvalue weighted by Crippen LogP contribution is 2.21. The van der Waals surface area contributed by atoms with Crippen LogP contribution in [-0.2, 0) is 4.79 Å². The number of hydrogen-bond donors (Lipinski definition) is 2. The highest BCUT2D eigenvalue weighted by atomic mass is 35.5. The van der Waals surface area contributed by atoms with Crippen molar-refractivity contribution in [2.45, 2.75) is 6.04 Å². The molecule has 2 N–H and O–H groups in total. The van der Waals surface area contributed by atoms with E-state index in [1.54, 1.807) is 14.2 Å². The van der Waals surface area contributed by atoms with E-state index in [1.807, 2.05) is 38.4 Å². The predicted molar refractivity (Wildman–Crippen MR) is 83.6 cm³/mol. The Bertz CT molecular complexity index is 413. The van der Waals surface area contributed by atoms with Gasteiger partial charge in [-0.15, -0.1) is 12.4 Å². The fourth-order valence-electron chi connectivity index (χ4n) is 1.88. The van der Waals surface area contributed by atoms with Crippen LogP contribution < -0.4 is 15.4 Å². The van der Waals surface area contributed by atoms with Crippen molar-refractivity contribution in [2.75, 3.05) is 41.3 Å². The lowest BCUT2D eigenvalue weighted by atomic mass is 10.1. The van der Waals surface area contributed by atoms with E-state index in [4.69, 9.17) is 4.74 Å². The number of nitrogens with zero attached hydrogens (tertiary/aromatic N) is 1. The number of hydrogen-bond acceptors (Lipinski definition) is 4. The molecule has 1 atom stereocenters. The highest BCUT2D eigenvalue weighted by Gasteiger charge is 2.15. The maximum absolute atomic E-state index is 11.5.